The molecule has 0 saturated carbocycles. The van der Waals surface area contributed by atoms with Gasteiger partial charge < -0.3 is 25.6 Å². The van der Waals surface area contributed by atoms with Crippen molar-refractivity contribution < 1.29 is 27.5 Å². The normalized spacial score (nSPS) is 14.1. The van der Waals surface area contributed by atoms with Crippen molar-refractivity contribution in [3.63, 3.8) is 0 Å². The third-order valence-electron chi connectivity index (χ3n) is 6.74. The average Bonchev–Trinajstić information content (AvgIpc) is 3.37. The van der Waals surface area contributed by atoms with Crippen molar-refractivity contribution in [1.29, 1.82) is 0 Å². The Morgan fingerprint density at radius 2 is 1.88 bits per heavy atom. The SMILES string of the molecule is Cc1cc(-c2ccnc(Nc3cnn(C(C)(C)C(=O)NCC(F)(F)F)c3)n2)ccc1CNC(=O)N1CC(OC(C)C)C1. The number of amides is 3. The van der Waals surface area contributed by atoms with Crippen LogP contribution in [0.5, 0.6) is 0 Å². The molecule has 1 aromatic carbocycles. The van der Waals surface area contributed by atoms with Crippen LogP contribution in [0.2, 0.25) is 0 Å². The molecule has 42 heavy (non-hydrogen) atoms. The van der Waals surface area contributed by atoms with Gasteiger partial charge in [-0.15, -0.1) is 0 Å². The van der Waals surface area contributed by atoms with Crippen molar-refractivity contribution >= 4 is 23.6 Å². The number of carbonyl (C=O) groups excluding carboxylic acids is 2. The van der Waals surface area contributed by atoms with Crippen LogP contribution in [0.3, 0.4) is 0 Å². The molecule has 3 amide bonds. The molecule has 3 aromatic rings. The molecule has 11 nitrogen and oxygen atoms in total. The maximum absolute atomic E-state index is 12.5. The fourth-order valence-corrected chi connectivity index (χ4v) is 4.31. The van der Waals surface area contributed by atoms with Gasteiger partial charge in [-0.25, -0.2) is 14.8 Å². The molecule has 3 N–H and O–H groups in total. The van der Waals surface area contributed by atoms with Crippen LogP contribution in [0.25, 0.3) is 11.3 Å². The van der Waals surface area contributed by atoms with Gasteiger partial charge in [-0.3, -0.25) is 9.48 Å². The summed E-state index contributed by atoms with van der Waals surface area (Å²) in [6.45, 7) is 8.98. The summed E-state index contributed by atoms with van der Waals surface area (Å²) >= 11 is 0. The van der Waals surface area contributed by atoms with Crippen molar-refractivity contribution in [2.75, 3.05) is 25.0 Å². The van der Waals surface area contributed by atoms with Crippen molar-refractivity contribution in [3.05, 3.63) is 54.0 Å². The second kappa shape index (κ2) is 12.3. The van der Waals surface area contributed by atoms with E-state index in [-0.39, 0.29) is 24.2 Å². The number of likely N-dealkylation sites (tertiary alicyclic amines) is 1. The first-order valence-electron chi connectivity index (χ1n) is 13.5. The molecule has 0 spiro atoms. The summed E-state index contributed by atoms with van der Waals surface area (Å²) in [5.41, 5.74) is 2.55. The molecular weight excluding hydrogens is 553 g/mol. The van der Waals surface area contributed by atoms with Crippen LogP contribution in [0.4, 0.5) is 29.6 Å². The molecule has 1 saturated heterocycles. The summed E-state index contributed by atoms with van der Waals surface area (Å²) < 4.78 is 44.5. The number of nitrogens with zero attached hydrogens (tertiary/aromatic N) is 5. The number of carbonyl (C=O) groups is 2. The molecule has 2 aromatic heterocycles. The third-order valence-corrected chi connectivity index (χ3v) is 6.74. The Balaban J connectivity index is 1.35. The second-order valence-electron chi connectivity index (χ2n) is 10.9. The van der Waals surface area contributed by atoms with E-state index in [2.05, 4.69) is 25.7 Å². The number of alkyl halides is 3. The first kappa shape index (κ1) is 30.8. The molecule has 14 heteroatoms. The monoisotopic (exact) mass is 588 g/mol. The molecule has 1 aliphatic rings. The lowest BCUT2D eigenvalue weighted by molar-refractivity contribution is -0.143. The van der Waals surface area contributed by atoms with E-state index in [0.29, 0.717) is 31.0 Å². The maximum atomic E-state index is 12.5. The Morgan fingerprint density at radius 1 is 1.14 bits per heavy atom. The van der Waals surface area contributed by atoms with E-state index >= 15 is 0 Å². The zero-order chi connectivity index (χ0) is 30.7. The predicted octanol–water partition coefficient (Wildman–Crippen LogP) is 4.12. The maximum Gasteiger partial charge on any atom is 0.405 e. The molecule has 1 aliphatic heterocycles. The first-order chi connectivity index (χ1) is 19.7. The van der Waals surface area contributed by atoms with Crippen LogP contribution in [-0.2, 0) is 21.6 Å². The summed E-state index contributed by atoms with van der Waals surface area (Å²) in [5, 5.41) is 12.0. The number of urea groups is 1. The fourth-order valence-electron chi connectivity index (χ4n) is 4.31. The van der Waals surface area contributed by atoms with E-state index in [1.54, 1.807) is 17.2 Å². The van der Waals surface area contributed by atoms with E-state index in [9.17, 15) is 22.8 Å². The van der Waals surface area contributed by atoms with E-state index in [1.165, 1.54) is 30.9 Å². The minimum Gasteiger partial charge on any atom is -0.372 e. The predicted molar refractivity (Wildman–Crippen MR) is 150 cm³/mol. The lowest BCUT2D eigenvalue weighted by Crippen LogP contribution is -2.58. The number of hydrogen-bond donors (Lipinski definition) is 3. The average molecular weight is 589 g/mol. The highest BCUT2D eigenvalue weighted by Crippen LogP contribution is 2.24. The van der Waals surface area contributed by atoms with E-state index in [4.69, 9.17) is 4.74 Å². The van der Waals surface area contributed by atoms with Gasteiger partial charge in [-0.1, -0.05) is 12.1 Å². The Labute approximate surface area is 241 Å². The highest BCUT2D eigenvalue weighted by Gasteiger charge is 2.35. The van der Waals surface area contributed by atoms with Crippen molar-refractivity contribution in [3.8, 4) is 11.3 Å². The first-order valence-corrected chi connectivity index (χ1v) is 13.5. The van der Waals surface area contributed by atoms with Gasteiger partial charge in [0.1, 0.15) is 12.1 Å². The number of rotatable bonds is 10. The van der Waals surface area contributed by atoms with E-state index in [0.717, 1.165) is 16.7 Å². The van der Waals surface area contributed by atoms with Gasteiger partial charge in [0.2, 0.25) is 11.9 Å². The number of halogens is 3. The van der Waals surface area contributed by atoms with Crippen LogP contribution in [-0.4, -0.2) is 74.6 Å². The van der Waals surface area contributed by atoms with Gasteiger partial charge in [0.25, 0.3) is 0 Å². The number of anilines is 2. The topological polar surface area (TPSA) is 126 Å². The summed E-state index contributed by atoms with van der Waals surface area (Å²) in [6.07, 6.45) is 0.229. The number of aromatic nitrogens is 4. The number of hydrogen-bond acceptors (Lipinski definition) is 7. The minimum atomic E-state index is -4.51. The number of aryl methyl sites for hydroxylation is 1. The molecule has 0 atom stereocenters. The Kier molecular flexibility index (Phi) is 9.04. The Hall–Kier alpha value is -4.20. The summed E-state index contributed by atoms with van der Waals surface area (Å²) in [4.78, 5) is 35.3. The van der Waals surface area contributed by atoms with Gasteiger partial charge in [0, 0.05) is 24.5 Å². The van der Waals surface area contributed by atoms with Gasteiger partial charge >= 0.3 is 12.2 Å². The van der Waals surface area contributed by atoms with Crippen LogP contribution < -0.4 is 16.0 Å². The Morgan fingerprint density at radius 3 is 2.55 bits per heavy atom. The number of benzene rings is 1. The van der Waals surface area contributed by atoms with Crippen molar-refractivity contribution in [2.45, 2.75) is 65.1 Å². The zero-order valence-corrected chi connectivity index (χ0v) is 24.1. The number of ether oxygens (including phenoxy) is 1. The lowest BCUT2D eigenvalue weighted by Gasteiger charge is -2.39. The second-order valence-corrected chi connectivity index (χ2v) is 10.9. The molecule has 0 radical (unpaired) electrons. The van der Waals surface area contributed by atoms with Crippen LogP contribution in [0.1, 0.15) is 38.8 Å². The summed E-state index contributed by atoms with van der Waals surface area (Å²) in [6, 6.07) is 7.47. The largest absolute Gasteiger partial charge is 0.405 e. The zero-order valence-electron chi connectivity index (χ0n) is 24.1. The highest BCUT2D eigenvalue weighted by molar-refractivity contribution is 5.83. The molecule has 4 rings (SSSR count). The van der Waals surface area contributed by atoms with E-state index in [1.807, 2.05) is 44.3 Å². The summed E-state index contributed by atoms with van der Waals surface area (Å²) in [5.74, 6) is -0.550. The van der Waals surface area contributed by atoms with E-state index < -0.39 is 24.2 Å². The van der Waals surface area contributed by atoms with Crippen LogP contribution in [0.15, 0.2) is 42.9 Å². The third kappa shape index (κ3) is 7.75. The highest BCUT2D eigenvalue weighted by atomic mass is 19.4. The number of nitrogens with one attached hydrogen (secondary N) is 3. The van der Waals surface area contributed by atoms with Gasteiger partial charge in [0.05, 0.1) is 42.9 Å². The smallest absolute Gasteiger partial charge is 0.372 e. The van der Waals surface area contributed by atoms with Gasteiger partial charge in [0.15, 0.2) is 0 Å². The molecule has 3 heterocycles. The molecular formula is C28H35F3N8O3. The lowest BCUT2D eigenvalue weighted by atomic mass is 10.0. The standard InChI is InChI=1S/C28H35F3N8O3/c1-17(2)42-22-14-38(15-22)26(41)33-11-20-7-6-19(10-18(20)3)23-8-9-32-25(37-23)36-21-12-35-39(13-21)27(4,5)24(40)34-16-28(29,30)31/h6-10,12-13,17,22H,11,14-16H2,1-5H3,(H,33,41)(H,34,40)(H,32,36,37). The van der Waals surface area contributed by atoms with Gasteiger partial charge in [-0.05, 0) is 57.9 Å². The van der Waals surface area contributed by atoms with Crippen molar-refractivity contribution in [1.82, 2.24) is 35.3 Å². The molecule has 0 bridgehead atoms. The summed E-state index contributed by atoms with van der Waals surface area (Å²) in [7, 11) is 0. The van der Waals surface area contributed by atoms with Crippen LogP contribution in [0, 0.1) is 6.92 Å². The molecule has 0 unspecified atom stereocenters. The molecule has 1 fully saturated rings. The Bertz CT molecular complexity index is 1420. The quantitative estimate of drug-likeness (QED) is 0.325. The fraction of sp³-hybridized carbons (Fsp3) is 0.464. The van der Waals surface area contributed by atoms with Crippen molar-refractivity contribution in [2.24, 2.45) is 0 Å². The molecule has 226 valence electrons. The minimum absolute atomic E-state index is 0.0881. The molecule has 0 aliphatic carbocycles. The van der Waals surface area contributed by atoms with Crippen LogP contribution >= 0.6 is 0 Å². The van der Waals surface area contributed by atoms with Gasteiger partial charge in [-0.2, -0.15) is 18.3 Å².